The van der Waals surface area contributed by atoms with Crippen LogP contribution in [0.2, 0.25) is 0 Å². The van der Waals surface area contributed by atoms with Gasteiger partial charge in [0.1, 0.15) is 5.76 Å². The van der Waals surface area contributed by atoms with E-state index in [1.807, 2.05) is 43.5 Å². The molecule has 0 aliphatic rings. The number of benzene rings is 1. The number of nitrogens with zero attached hydrogens (tertiary/aromatic N) is 1. The Morgan fingerprint density at radius 3 is 2.72 bits per heavy atom. The third-order valence-corrected chi connectivity index (χ3v) is 4.94. The van der Waals surface area contributed by atoms with E-state index in [0.29, 0.717) is 5.92 Å². The van der Waals surface area contributed by atoms with Crippen LogP contribution in [0, 0.1) is 13.8 Å². The summed E-state index contributed by atoms with van der Waals surface area (Å²) in [6.45, 7) is 8.17. The summed E-state index contributed by atoms with van der Waals surface area (Å²) in [6.07, 6.45) is 0.252. The predicted molar refractivity (Wildman–Crippen MR) is 102 cm³/mol. The van der Waals surface area contributed by atoms with Crippen molar-refractivity contribution in [3.8, 4) is 10.8 Å². The van der Waals surface area contributed by atoms with Gasteiger partial charge < -0.3 is 9.73 Å². The topological polar surface area (TPSA) is 55.1 Å². The Hall–Kier alpha value is -2.40. The first-order valence-corrected chi connectivity index (χ1v) is 9.22. The molecule has 2 aromatic heterocycles. The van der Waals surface area contributed by atoms with Gasteiger partial charge >= 0.3 is 0 Å². The molecule has 25 heavy (non-hydrogen) atoms. The second kappa shape index (κ2) is 7.23. The number of nitrogens with one attached hydrogen (secondary N) is 1. The van der Waals surface area contributed by atoms with E-state index in [9.17, 15) is 4.79 Å². The van der Waals surface area contributed by atoms with Gasteiger partial charge in [-0.25, -0.2) is 4.98 Å². The SMILES string of the molecule is Cc1ccc(-c2nc(CC(=O)Nc3c(C)cccc3C(C)C)cs2)o1. The largest absolute Gasteiger partial charge is 0.459 e. The Kier molecular flexibility index (Phi) is 5.04. The van der Waals surface area contributed by atoms with Crippen molar-refractivity contribution in [2.24, 2.45) is 0 Å². The third-order valence-electron chi connectivity index (χ3n) is 4.04. The maximum atomic E-state index is 12.5. The molecule has 1 N–H and O–H groups in total. The minimum Gasteiger partial charge on any atom is -0.459 e. The highest BCUT2D eigenvalue weighted by molar-refractivity contribution is 7.13. The summed E-state index contributed by atoms with van der Waals surface area (Å²) in [6, 6.07) is 9.92. The van der Waals surface area contributed by atoms with Crippen molar-refractivity contribution in [3.63, 3.8) is 0 Å². The van der Waals surface area contributed by atoms with E-state index in [1.165, 1.54) is 11.3 Å². The normalized spacial score (nSPS) is 11.1. The maximum Gasteiger partial charge on any atom is 0.230 e. The van der Waals surface area contributed by atoms with Crippen molar-refractivity contribution in [1.29, 1.82) is 0 Å². The number of rotatable bonds is 5. The van der Waals surface area contributed by atoms with Gasteiger partial charge in [-0.05, 0) is 43.0 Å². The molecule has 0 unspecified atom stereocenters. The predicted octanol–water partition coefficient (Wildman–Crippen LogP) is 5.32. The molecular formula is C20H22N2O2S. The van der Waals surface area contributed by atoms with Crippen molar-refractivity contribution in [1.82, 2.24) is 4.98 Å². The lowest BCUT2D eigenvalue weighted by molar-refractivity contribution is -0.115. The van der Waals surface area contributed by atoms with Crippen LogP contribution in [-0.4, -0.2) is 10.9 Å². The molecule has 1 amide bonds. The number of amides is 1. The van der Waals surface area contributed by atoms with Gasteiger partial charge in [0.05, 0.1) is 12.1 Å². The van der Waals surface area contributed by atoms with Crippen LogP contribution in [0.4, 0.5) is 5.69 Å². The zero-order valence-electron chi connectivity index (χ0n) is 14.9. The Balaban J connectivity index is 1.73. The van der Waals surface area contributed by atoms with Crippen LogP contribution in [0.5, 0.6) is 0 Å². The quantitative estimate of drug-likeness (QED) is 0.674. The molecule has 0 aliphatic heterocycles. The number of carbonyl (C=O) groups is 1. The van der Waals surface area contributed by atoms with Crippen molar-refractivity contribution in [2.45, 2.75) is 40.0 Å². The molecule has 0 spiro atoms. The monoisotopic (exact) mass is 354 g/mol. The molecule has 0 fully saturated rings. The average molecular weight is 354 g/mol. The van der Waals surface area contributed by atoms with E-state index in [1.54, 1.807) is 0 Å². The zero-order valence-corrected chi connectivity index (χ0v) is 15.7. The lowest BCUT2D eigenvalue weighted by Crippen LogP contribution is -2.17. The van der Waals surface area contributed by atoms with Gasteiger partial charge in [-0.1, -0.05) is 32.0 Å². The molecule has 0 saturated heterocycles. The number of hydrogen-bond acceptors (Lipinski definition) is 4. The third kappa shape index (κ3) is 3.99. The van der Waals surface area contributed by atoms with Crippen LogP contribution in [0.3, 0.4) is 0 Å². The molecule has 3 rings (SSSR count). The summed E-state index contributed by atoms with van der Waals surface area (Å²) in [7, 11) is 0. The number of thiazole rings is 1. The summed E-state index contributed by atoms with van der Waals surface area (Å²) in [5.41, 5.74) is 3.90. The summed E-state index contributed by atoms with van der Waals surface area (Å²) < 4.78 is 5.59. The Morgan fingerprint density at radius 2 is 2.04 bits per heavy atom. The van der Waals surface area contributed by atoms with Crippen molar-refractivity contribution >= 4 is 22.9 Å². The standard InChI is InChI=1S/C20H22N2O2S/c1-12(2)16-7-5-6-13(3)19(16)22-18(23)10-15-11-25-20(21-15)17-9-8-14(4)24-17/h5-9,11-12H,10H2,1-4H3,(H,22,23). The van der Waals surface area contributed by atoms with Crippen LogP contribution in [0.15, 0.2) is 40.1 Å². The molecule has 2 heterocycles. The van der Waals surface area contributed by atoms with Gasteiger partial charge in [-0.2, -0.15) is 0 Å². The van der Waals surface area contributed by atoms with Gasteiger partial charge in [0.15, 0.2) is 10.8 Å². The Bertz CT molecular complexity index is 893. The van der Waals surface area contributed by atoms with E-state index in [-0.39, 0.29) is 12.3 Å². The second-order valence-corrected chi connectivity index (χ2v) is 7.33. The fourth-order valence-corrected chi connectivity index (χ4v) is 3.52. The molecule has 3 aromatic rings. The molecule has 0 radical (unpaired) electrons. The number of para-hydroxylation sites is 1. The first-order valence-electron chi connectivity index (χ1n) is 8.34. The van der Waals surface area contributed by atoms with E-state index in [2.05, 4.69) is 30.2 Å². The number of hydrogen-bond donors (Lipinski definition) is 1. The molecular weight excluding hydrogens is 332 g/mol. The molecule has 4 nitrogen and oxygen atoms in total. The summed E-state index contributed by atoms with van der Waals surface area (Å²) >= 11 is 1.49. The smallest absolute Gasteiger partial charge is 0.230 e. The van der Waals surface area contributed by atoms with Crippen molar-refractivity contribution < 1.29 is 9.21 Å². The van der Waals surface area contributed by atoms with Crippen molar-refractivity contribution in [3.05, 3.63) is 58.3 Å². The van der Waals surface area contributed by atoms with Crippen LogP contribution < -0.4 is 5.32 Å². The van der Waals surface area contributed by atoms with E-state index >= 15 is 0 Å². The van der Waals surface area contributed by atoms with Crippen LogP contribution in [0.1, 0.15) is 42.3 Å². The zero-order chi connectivity index (χ0) is 18.0. The second-order valence-electron chi connectivity index (χ2n) is 6.47. The lowest BCUT2D eigenvalue weighted by atomic mass is 9.98. The van der Waals surface area contributed by atoms with Crippen LogP contribution in [-0.2, 0) is 11.2 Å². The van der Waals surface area contributed by atoms with E-state index in [0.717, 1.165) is 39.0 Å². The molecule has 0 aliphatic carbocycles. The maximum absolute atomic E-state index is 12.5. The fraction of sp³-hybridized carbons (Fsp3) is 0.300. The molecule has 1 aromatic carbocycles. The highest BCUT2D eigenvalue weighted by Gasteiger charge is 2.15. The van der Waals surface area contributed by atoms with Gasteiger partial charge in [-0.3, -0.25) is 4.79 Å². The first-order chi connectivity index (χ1) is 11.9. The summed E-state index contributed by atoms with van der Waals surface area (Å²) in [4.78, 5) is 17.0. The molecule has 0 bridgehead atoms. The van der Waals surface area contributed by atoms with Gasteiger partial charge in [0.25, 0.3) is 0 Å². The molecule has 5 heteroatoms. The minimum absolute atomic E-state index is 0.0522. The van der Waals surface area contributed by atoms with E-state index < -0.39 is 0 Å². The minimum atomic E-state index is -0.0522. The van der Waals surface area contributed by atoms with Crippen molar-refractivity contribution in [2.75, 3.05) is 5.32 Å². The summed E-state index contributed by atoms with van der Waals surface area (Å²) in [5.74, 6) is 1.90. The number of anilines is 1. The molecule has 0 atom stereocenters. The highest BCUT2D eigenvalue weighted by Crippen LogP contribution is 2.28. The van der Waals surface area contributed by atoms with Crippen LogP contribution in [0.25, 0.3) is 10.8 Å². The Morgan fingerprint density at radius 1 is 1.24 bits per heavy atom. The Labute approximate surface area is 151 Å². The number of furan rings is 1. The van der Waals surface area contributed by atoms with Gasteiger partial charge in [-0.15, -0.1) is 11.3 Å². The highest BCUT2D eigenvalue weighted by atomic mass is 32.1. The average Bonchev–Trinajstić information content (AvgIpc) is 3.18. The fourth-order valence-electron chi connectivity index (χ4n) is 2.74. The van der Waals surface area contributed by atoms with E-state index in [4.69, 9.17) is 4.42 Å². The number of aryl methyl sites for hydroxylation is 2. The van der Waals surface area contributed by atoms with Gasteiger partial charge in [0.2, 0.25) is 5.91 Å². The van der Waals surface area contributed by atoms with Gasteiger partial charge in [0, 0.05) is 11.1 Å². The number of carbonyl (C=O) groups excluding carboxylic acids is 1. The van der Waals surface area contributed by atoms with Crippen LogP contribution >= 0.6 is 11.3 Å². The number of aromatic nitrogens is 1. The lowest BCUT2D eigenvalue weighted by Gasteiger charge is -2.16. The molecule has 130 valence electrons. The summed E-state index contributed by atoms with van der Waals surface area (Å²) in [5, 5.41) is 5.78. The first kappa shape index (κ1) is 17.4. The molecule has 0 saturated carbocycles.